The van der Waals surface area contributed by atoms with Crippen LogP contribution in [-0.4, -0.2) is 45.3 Å². The quantitative estimate of drug-likeness (QED) is 0.847. The highest BCUT2D eigenvalue weighted by atomic mass is 32.2. The molecule has 0 saturated carbocycles. The average molecular weight is 286 g/mol. The first-order chi connectivity index (χ1) is 8.62. The second kappa shape index (κ2) is 5.86. The normalized spacial score (nSPS) is 15.1. The molecule has 0 radical (unpaired) electrons. The van der Waals surface area contributed by atoms with Crippen molar-refractivity contribution in [1.29, 1.82) is 0 Å². The topological polar surface area (TPSA) is 63.4 Å². The Bertz CT molecular complexity index is 476. The molecule has 0 fully saturated rings. The number of rotatable bonds is 4. The lowest BCUT2D eigenvalue weighted by molar-refractivity contribution is 0.0746. The lowest BCUT2D eigenvalue weighted by Crippen LogP contribution is -2.38. The highest BCUT2D eigenvalue weighted by Gasteiger charge is 2.25. The van der Waals surface area contributed by atoms with Crippen LogP contribution >= 0.6 is 0 Å². The van der Waals surface area contributed by atoms with Gasteiger partial charge in [0.05, 0.1) is 0 Å². The van der Waals surface area contributed by atoms with Gasteiger partial charge < -0.3 is 9.42 Å². The van der Waals surface area contributed by atoms with Crippen LogP contribution in [0.5, 0.6) is 0 Å². The molecule has 0 spiro atoms. The van der Waals surface area contributed by atoms with E-state index < -0.39 is 10.8 Å². The molecule has 108 valence electrons. The molecular formula is C13H22N2O3S. The first-order valence-electron chi connectivity index (χ1n) is 6.17. The van der Waals surface area contributed by atoms with Crippen LogP contribution in [-0.2, 0) is 16.2 Å². The summed E-state index contributed by atoms with van der Waals surface area (Å²) < 4.78 is 16.4. The molecule has 1 amide bonds. The van der Waals surface area contributed by atoms with Gasteiger partial charge in [-0.2, -0.15) is 0 Å². The molecule has 1 rings (SSSR count). The second-order valence-electron chi connectivity index (χ2n) is 5.83. The van der Waals surface area contributed by atoms with Crippen molar-refractivity contribution in [2.75, 3.05) is 19.1 Å². The minimum Gasteiger partial charge on any atom is -0.360 e. The van der Waals surface area contributed by atoms with Crippen LogP contribution in [0.1, 0.15) is 43.9 Å². The summed E-state index contributed by atoms with van der Waals surface area (Å²) in [6.07, 6.45) is 1.63. The molecular weight excluding hydrogens is 264 g/mol. The van der Waals surface area contributed by atoms with Crippen LogP contribution in [0, 0.1) is 0 Å². The molecule has 2 unspecified atom stereocenters. The van der Waals surface area contributed by atoms with Crippen molar-refractivity contribution in [2.24, 2.45) is 0 Å². The number of hydrogen-bond acceptors (Lipinski definition) is 4. The van der Waals surface area contributed by atoms with Crippen LogP contribution in [0.3, 0.4) is 0 Å². The summed E-state index contributed by atoms with van der Waals surface area (Å²) in [5.41, 5.74) is 0.113. The van der Waals surface area contributed by atoms with Gasteiger partial charge in [0.1, 0.15) is 5.76 Å². The smallest absolute Gasteiger partial charge is 0.276 e. The van der Waals surface area contributed by atoms with Crippen LogP contribution in [0.25, 0.3) is 0 Å². The van der Waals surface area contributed by atoms with Crippen molar-refractivity contribution in [3.05, 3.63) is 17.5 Å². The van der Waals surface area contributed by atoms with Gasteiger partial charge in [-0.3, -0.25) is 9.00 Å². The highest BCUT2D eigenvalue weighted by Crippen LogP contribution is 2.23. The maximum Gasteiger partial charge on any atom is 0.276 e. The number of carbonyl (C=O) groups excluding carboxylic acids is 1. The highest BCUT2D eigenvalue weighted by molar-refractivity contribution is 7.84. The maximum absolute atomic E-state index is 12.2. The fraction of sp³-hybridized carbons (Fsp3) is 0.692. The van der Waals surface area contributed by atoms with Gasteiger partial charge in [0.25, 0.3) is 5.91 Å². The van der Waals surface area contributed by atoms with Gasteiger partial charge >= 0.3 is 0 Å². The van der Waals surface area contributed by atoms with Gasteiger partial charge in [-0.05, 0) is 6.92 Å². The molecule has 2 atom stereocenters. The molecule has 0 N–H and O–H groups in total. The van der Waals surface area contributed by atoms with Crippen molar-refractivity contribution in [1.82, 2.24) is 10.1 Å². The van der Waals surface area contributed by atoms with Crippen LogP contribution in [0.2, 0.25) is 0 Å². The zero-order valence-electron chi connectivity index (χ0n) is 12.4. The largest absolute Gasteiger partial charge is 0.360 e. The van der Waals surface area contributed by atoms with E-state index in [1.807, 2.05) is 27.7 Å². The van der Waals surface area contributed by atoms with E-state index >= 15 is 0 Å². The lowest BCUT2D eigenvalue weighted by atomic mass is 9.93. The van der Waals surface area contributed by atoms with Gasteiger partial charge in [0.15, 0.2) is 5.69 Å². The number of carbonyl (C=O) groups is 1. The van der Waals surface area contributed by atoms with E-state index in [1.54, 1.807) is 24.3 Å². The molecule has 5 nitrogen and oxygen atoms in total. The Balaban J connectivity index is 2.83. The molecule has 1 aromatic heterocycles. The van der Waals surface area contributed by atoms with E-state index in [2.05, 4.69) is 5.16 Å². The summed E-state index contributed by atoms with van der Waals surface area (Å²) in [7, 11) is 0.750. The lowest BCUT2D eigenvalue weighted by Gasteiger charge is -2.23. The third-order valence-corrected chi connectivity index (χ3v) is 3.88. The van der Waals surface area contributed by atoms with Crippen LogP contribution < -0.4 is 0 Å². The van der Waals surface area contributed by atoms with Gasteiger partial charge in [-0.1, -0.05) is 25.9 Å². The Morgan fingerprint density at radius 1 is 1.53 bits per heavy atom. The van der Waals surface area contributed by atoms with Crippen molar-refractivity contribution >= 4 is 16.7 Å². The minimum atomic E-state index is -0.936. The van der Waals surface area contributed by atoms with Gasteiger partial charge in [0, 0.05) is 47.4 Å². The average Bonchev–Trinajstić information content (AvgIpc) is 2.74. The standard InChI is InChI=1S/C13H22N2O3S/c1-9(8-19(6)17)15(5)12(16)10-7-11(18-14-10)13(2,3)4/h7,9H,8H2,1-6H3. The monoisotopic (exact) mass is 286 g/mol. The zero-order chi connectivity index (χ0) is 14.8. The summed E-state index contributed by atoms with van der Waals surface area (Å²) in [5, 5.41) is 3.82. The predicted molar refractivity (Wildman–Crippen MR) is 75.7 cm³/mol. The molecule has 0 aliphatic rings. The van der Waals surface area contributed by atoms with E-state index in [9.17, 15) is 9.00 Å². The summed E-state index contributed by atoms with van der Waals surface area (Å²) in [5.74, 6) is 0.917. The fourth-order valence-corrected chi connectivity index (χ4v) is 2.46. The number of nitrogens with zero attached hydrogens (tertiary/aromatic N) is 2. The summed E-state index contributed by atoms with van der Waals surface area (Å²) in [6, 6.07) is 1.57. The Morgan fingerprint density at radius 3 is 2.53 bits per heavy atom. The molecule has 1 heterocycles. The molecule has 0 bridgehead atoms. The van der Waals surface area contributed by atoms with Crippen LogP contribution in [0.15, 0.2) is 10.6 Å². The number of aromatic nitrogens is 1. The number of hydrogen-bond donors (Lipinski definition) is 0. The Labute approximate surface area is 116 Å². The molecule has 1 aromatic rings. The third-order valence-electron chi connectivity index (χ3n) is 2.93. The molecule has 0 aromatic carbocycles. The molecule has 0 aliphatic carbocycles. The van der Waals surface area contributed by atoms with Crippen molar-refractivity contribution < 1.29 is 13.5 Å². The van der Waals surface area contributed by atoms with E-state index in [0.29, 0.717) is 17.2 Å². The zero-order valence-corrected chi connectivity index (χ0v) is 13.2. The van der Waals surface area contributed by atoms with Crippen molar-refractivity contribution in [2.45, 2.75) is 39.2 Å². The van der Waals surface area contributed by atoms with E-state index in [0.717, 1.165) is 0 Å². The summed E-state index contributed by atoms with van der Waals surface area (Å²) >= 11 is 0. The second-order valence-corrected chi connectivity index (χ2v) is 7.31. The van der Waals surface area contributed by atoms with E-state index in [-0.39, 0.29) is 17.4 Å². The van der Waals surface area contributed by atoms with Crippen molar-refractivity contribution in [3.63, 3.8) is 0 Å². The predicted octanol–water partition coefficient (Wildman–Crippen LogP) is 1.81. The maximum atomic E-state index is 12.2. The first-order valence-corrected chi connectivity index (χ1v) is 7.90. The Morgan fingerprint density at radius 2 is 2.11 bits per heavy atom. The van der Waals surface area contributed by atoms with Gasteiger partial charge in [-0.25, -0.2) is 0 Å². The molecule has 6 heteroatoms. The van der Waals surface area contributed by atoms with E-state index in [1.165, 1.54) is 0 Å². The summed E-state index contributed by atoms with van der Waals surface area (Å²) in [6.45, 7) is 7.85. The number of amides is 1. The Hall–Kier alpha value is -1.17. The molecule has 19 heavy (non-hydrogen) atoms. The van der Waals surface area contributed by atoms with E-state index in [4.69, 9.17) is 4.52 Å². The Kier molecular flexibility index (Phi) is 4.90. The first kappa shape index (κ1) is 15.9. The fourth-order valence-electron chi connectivity index (χ4n) is 1.56. The molecule has 0 aliphatic heterocycles. The van der Waals surface area contributed by atoms with Crippen LogP contribution in [0.4, 0.5) is 0 Å². The van der Waals surface area contributed by atoms with Crippen molar-refractivity contribution in [3.8, 4) is 0 Å². The van der Waals surface area contributed by atoms with Gasteiger partial charge in [0.2, 0.25) is 0 Å². The molecule has 0 saturated heterocycles. The van der Waals surface area contributed by atoms with Gasteiger partial charge in [-0.15, -0.1) is 0 Å². The minimum absolute atomic E-state index is 0.104. The third kappa shape index (κ3) is 4.16. The summed E-state index contributed by atoms with van der Waals surface area (Å²) in [4.78, 5) is 13.8. The SMILES string of the molecule is CC(CS(C)=O)N(C)C(=O)c1cc(C(C)(C)C)on1.